The summed E-state index contributed by atoms with van der Waals surface area (Å²) in [4.78, 5) is 23.9. The molecule has 0 bridgehead atoms. The second-order valence-electron chi connectivity index (χ2n) is 6.46. The van der Waals surface area contributed by atoms with Gasteiger partial charge in [0, 0.05) is 24.1 Å². The van der Waals surface area contributed by atoms with Gasteiger partial charge in [0.25, 0.3) is 0 Å². The maximum absolute atomic E-state index is 12.1. The van der Waals surface area contributed by atoms with Crippen molar-refractivity contribution in [3.8, 4) is 0 Å². The molecule has 22 heavy (non-hydrogen) atoms. The standard InChI is InChI=1S/C18H28N2O2/c1-6-13-9-8-10-14(7-2)16(13)20-15(21)11-12-19-17(22)18(3,4)5/h8-10H,6-7,11-12H2,1-5H3,(H,19,22)(H,20,21). The molecule has 0 atom stereocenters. The molecule has 0 aromatic heterocycles. The quantitative estimate of drug-likeness (QED) is 0.847. The highest BCUT2D eigenvalue weighted by Crippen LogP contribution is 2.22. The molecule has 2 N–H and O–H groups in total. The summed E-state index contributed by atoms with van der Waals surface area (Å²) in [6.07, 6.45) is 2.04. The molecule has 1 aromatic rings. The fourth-order valence-electron chi connectivity index (χ4n) is 2.16. The Labute approximate surface area is 133 Å². The highest BCUT2D eigenvalue weighted by molar-refractivity contribution is 5.93. The van der Waals surface area contributed by atoms with Crippen molar-refractivity contribution in [2.75, 3.05) is 11.9 Å². The number of hydrogen-bond acceptors (Lipinski definition) is 2. The van der Waals surface area contributed by atoms with Gasteiger partial charge in [-0.25, -0.2) is 0 Å². The van der Waals surface area contributed by atoms with Crippen LogP contribution in [0.15, 0.2) is 18.2 Å². The molecule has 0 radical (unpaired) electrons. The fraction of sp³-hybridized carbons (Fsp3) is 0.556. The van der Waals surface area contributed by atoms with E-state index >= 15 is 0 Å². The number of rotatable bonds is 6. The predicted molar refractivity (Wildman–Crippen MR) is 90.9 cm³/mol. The summed E-state index contributed by atoms with van der Waals surface area (Å²) < 4.78 is 0. The molecule has 0 spiro atoms. The van der Waals surface area contributed by atoms with Crippen molar-refractivity contribution in [1.29, 1.82) is 0 Å². The van der Waals surface area contributed by atoms with Crippen molar-refractivity contribution in [2.45, 2.75) is 53.9 Å². The molecule has 4 heteroatoms. The number of anilines is 1. The molecule has 0 aliphatic rings. The van der Waals surface area contributed by atoms with Gasteiger partial charge >= 0.3 is 0 Å². The van der Waals surface area contributed by atoms with Gasteiger partial charge in [-0.2, -0.15) is 0 Å². The van der Waals surface area contributed by atoms with Gasteiger partial charge < -0.3 is 10.6 Å². The van der Waals surface area contributed by atoms with Crippen molar-refractivity contribution >= 4 is 17.5 Å². The van der Waals surface area contributed by atoms with Crippen LogP contribution in [0.25, 0.3) is 0 Å². The van der Waals surface area contributed by atoms with E-state index in [1.54, 1.807) is 0 Å². The first-order valence-electron chi connectivity index (χ1n) is 7.98. The molecule has 0 heterocycles. The van der Waals surface area contributed by atoms with Crippen LogP contribution in [0.4, 0.5) is 5.69 Å². The normalized spacial score (nSPS) is 11.1. The van der Waals surface area contributed by atoms with E-state index in [-0.39, 0.29) is 18.2 Å². The Morgan fingerprint density at radius 1 is 1.05 bits per heavy atom. The number of benzene rings is 1. The summed E-state index contributed by atoms with van der Waals surface area (Å²) >= 11 is 0. The predicted octanol–water partition coefficient (Wildman–Crippen LogP) is 3.30. The highest BCUT2D eigenvalue weighted by atomic mass is 16.2. The first-order chi connectivity index (χ1) is 10.3. The lowest BCUT2D eigenvalue weighted by molar-refractivity contribution is -0.128. The molecule has 0 saturated carbocycles. The summed E-state index contributed by atoms with van der Waals surface area (Å²) in [6.45, 7) is 10.1. The summed E-state index contributed by atoms with van der Waals surface area (Å²) in [6, 6.07) is 6.10. The molecular weight excluding hydrogens is 276 g/mol. The van der Waals surface area contributed by atoms with Gasteiger partial charge in [-0.05, 0) is 24.0 Å². The second kappa shape index (κ2) is 7.97. The third kappa shape index (κ3) is 5.17. The van der Waals surface area contributed by atoms with Crippen LogP contribution < -0.4 is 10.6 Å². The van der Waals surface area contributed by atoms with E-state index < -0.39 is 5.41 Å². The summed E-state index contributed by atoms with van der Waals surface area (Å²) in [5, 5.41) is 5.80. The van der Waals surface area contributed by atoms with Crippen molar-refractivity contribution in [1.82, 2.24) is 5.32 Å². The minimum atomic E-state index is -0.430. The Kier molecular flexibility index (Phi) is 6.60. The monoisotopic (exact) mass is 304 g/mol. The molecule has 0 fully saturated rings. The second-order valence-corrected chi connectivity index (χ2v) is 6.46. The number of para-hydroxylation sites is 1. The molecule has 0 unspecified atom stereocenters. The molecule has 4 nitrogen and oxygen atoms in total. The Hall–Kier alpha value is -1.84. The van der Waals surface area contributed by atoms with E-state index in [4.69, 9.17) is 0 Å². The minimum Gasteiger partial charge on any atom is -0.355 e. The molecule has 2 amide bonds. The van der Waals surface area contributed by atoms with Gasteiger partial charge in [-0.1, -0.05) is 52.8 Å². The third-order valence-corrected chi connectivity index (χ3v) is 3.58. The van der Waals surface area contributed by atoms with E-state index in [1.807, 2.05) is 39.0 Å². The number of hydrogen-bond donors (Lipinski definition) is 2. The van der Waals surface area contributed by atoms with Crippen molar-refractivity contribution in [2.24, 2.45) is 5.41 Å². The van der Waals surface area contributed by atoms with Gasteiger partial charge in [0.05, 0.1) is 0 Å². The van der Waals surface area contributed by atoms with Crippen LogP contribution in [-0.4, -0.2) is 18.4 Å². The van der Waals surface area contributed by atoms with Gasteiger partial charge in [0.2, 0.25) is 11.8 Å². The molecule has 1 rings (SSSR count). The van der Waals surface area contributed by atoms with Crippen LogP contribution in [0, 0.1) is 5.41 Å². The van der Waals surface area contributed by atoms with Crippen LogP contribution in [0.5, 0.6) is 0 Å². The van der Waals surface area contributed by atoms with Crippen molar-refractivity contribution in [3.05, 3.63) is 29.3 Å². The van der Waals surface area contributed by atoms with Crippen LogP contribution in [0.1, 0.15) is 52.2 Å². The third-order valence-electron chi connectivity index (χ3n) is 3.58. The van der Waals surface area contributed by atoms with E-state index in [1.165, 1.54) is 0 Å². The summed E-state index contributed by atoms with van der Waals surface area (Å²) in [5.74, 6) is -0.103. The number of aryl methyl sites for hydroxylation is 2. The van der Waals surface area contributed by atoms with E-state index in [2.05, 4.69) is 24.5 Å². The minimum absolute atomic E-state index is 0.0384. The average Bonchev–Trinajstić information content (AvgIpc) is 2.46. The van der Waals surface area contributed by atoms with Crippen molar-refractivity contribution in [3.63, 3.8) is 0 Å². The smallest absolute Gasteiger partial charge is 0.226 e. The lowest BCUT2D eigenvalue weighted by Gasteiger charge is -2.18. The average molecular weight is 304 g/mol. The maximum Gasteiger partial charge on any atom is 0.226 e. The molecule has 122 valence electrons. The molecule has 0 aliphatic carbocycles. The first kappa shape index (κ1) is 18.2. The van der Waals surface area contributed by atoms with Gasteiger partial charge in [-0.15, -0.1) is 0 Å². The number of carbonyl (C=O) groups excluding carboxylic acids is 2. The van der Waals surface area contributed by atoms with Crippen LogP contribution in [0.2, 0.25) is 0 Å². The zero-order valence-electron chi connectivity index (χ0n) is 14.4. The molecule has 1 aromatic carbocycles. The zero-order chi connectivity index (χ0) is 16.8. The number of amides is 2. The lowest BCUT2D eigenvalue weighted by atomic mass is 9.96. The number of carbonyl (C=O) groups is 2. The molecule has 0 saturated heterocycles. The summed E-state index contributed by atoms with van der Waals surface area (Å²) in [5.41, 5.74) is 2.79. The van der Waals surface area contributed by atoms with E-state index in [9.17, 15) is 9.59 Å². The topological polar surface area (TPSA) is 58.2 Å². The van der Waals surface area contributed by atoms with Crippen LogP contribution >= 0.6 is 0 Å². The lowest BCUT2D eigenvalue weighted by Crippen LogP contribution is -2.36. The SMILES string of the molecule is CCc1cccc(CC)c1NC(=O)CCNC(=O)C(C)(C)C. The van der Waals surface area contributed by atoms with Crippen LogP contribution in [-0.2, 0) is 22.4 Å². The first-order valence-corrected chi connectivity index (χ1v) is 7.98. The zero-order valence-corrected chi connectivity index (χ0v) is 14.4. The Morgan fingerprint density at radius 3 is 2.05 bits per heavy atom. The Balaban J connectivity index is 2.61. The summed E-state index contributed by atoms with van der Waals surface area (Å²) in [7, 11) is 0. The maximum atomic E-state index is 12.1. The van der Waals surface area contributed by atoms with Crippen molar-refractivity contribution < 1.29 is 9.59 Å². The fourth-order valence-corrected chi connectivity index (χ4v) is 2.16. The Morgan fingerprint density at radius 2 is 1.59 bits per heavy atom. The highest BCUT2D eigenvalue weighted by Gasteiger charge is 2.20. The number of nitrogens with one attached hydrogen (secondary N) is 2. The van der Waals surface area contributed by atoms with E-state index in [0.29, 0.717) is 6.54 Å². The largest absolute Gasteiger partial charge is 0.355 e. The molecule has 0 aliphatic heterocycles. The van der Waals surface area contributed by atoms with E-state index in [0.717, 1.165) is 29.7 Å². The Bertz CT molecular complexity index is 508. The van der Waals surface area contributed by atoms with Gasteiger partial charge in [0.1, 0.15) is 0 Å². The van der Waals surface area contributed by atoms with Gasteiger partial charge in [-0.3, -0.25) is 9.59 Å². The van der Waals surface area contributed by atoms with Gasteiger partial charge in [0.15, 0.2) is 0 Å². The molecular formula is C18H28N2O2. The van der Waals surface area contributed by atoms with Crippen LogP contribution in [0.3, 0.4) is 0 Å².